The van der Waals surface area contributed by atoms with Gasteiger partial charge in [0.1, 0.15) is 0 Å². The zero-order valence-electron chi connectivity index (χ0n) is 10.5. The lowest BCUT2D eigenvalue weighted by Crippen LogP contribution is -2.45. The van der Waals surface area contributed by atoms with Crippen molar-refractivity contribution in [2.24, 2.45) is 0 Å². The van der Waals surface area contributed by atoms with E-state index in [0.29, 0.717) is 12.5 Å². The van der Waals surface area contributed by atoms with Crippen LogP contribution in [0.2, 0.25) is 0 Å². The molecular weight excluding hydrogens is 229 g/mol. The lowest BCUT2D eigenvalue weighted by molar-refractivity contribution is -0.135. The van der Waals surface area contributed by atoms with E-state index < -0.39 is 12.6 Å². The van der Waals surface area contributed by atoms with Crippen molar-refractivity contribution < 1.29 is 13.2 Å². The number of likely N-dealkylation sites (tertiary alicyclic amines) is 1. The number of unbranched alkanes of at least 4 members (excludes halogenated alkanes) is 1. The number of likely N-dealkylation sites (N-methyl/N-ethyl adjacent to an activating group) is 1. The van der Waals surface area contributed by atoms with Gasteiger partial charge in [-0.05, 0) is 45.3 Å². The van der Waals surface area contributed by atoms with Crippen LogP contribution in [0.15, 0.2) is 0 Å². The summed E-state index contributed by atoms with van der Waals surface area (Å²) in [5.41, 5.74) is 0. The molecule has 0 aromatic rings. The molecule has 0 saturated carbocycles. The molecule has 1 aliphatic heterocycles. The molecule has 0 radical (unpaired) electrons. The highest BCUT2D eigenvalue weighted by Crippen LogP contribution is 2.22. The number of nitrogens with zero attached hydrogens (tertiary/aromatic N) is 1. The van der Waals surface area contributed by atoms with Crippen molar-refractivity contribution in [1.82, 2.24) is 10.2 Å². The predicted octanol–water partition coefficient (Wildman–Crippen LogP) is 2.79. The molecule has 0 spiro atoms. The van der Waals surface area contributed by atoms with Crippen molar-refractivity contribution in [3.63, 3.8) is 0 Å². The Labute approximate surface area is 102 Å². The highest BCUT2D eigenvalue weighted by atomic mass is 19.4. The monoisotopic (exact) mass is 252 g/mol. The SMILES string of the molecule is CCNC1CCCN(CCCCC(F)(F)F)C1. The number of hydrogen-bond donors (Lipinski definition) is 1. The molecule has 1 N–H and O–H groups in total. The van der Waals surface area contributed by atoms with Gasteiger partial charge in [0.25, 0.3) is 0 Å². The number of nitrogens with one attached hydrogen (secondary N) is 1. The largest absolute Gasteiger partial charge is 0.389 e. The first kappa shape index (κ1) is 14.8. The fourth-order valence-electron chi connectivity index (χ4n) is 2.37. The standard InChI is InChI=1S/C12H23F3N2/c1-2-16-11-6-5-9-17(10-11)8-4-3-7-12(13,14)15/h11,16H,2-10H2,1H3. The first-order chi connectivity index (χ1) is 8.01. The second-order valence-electron chi connectivity index (χ2n) is 4.77. The molecule has 2 nitrogen and oxygen atoms in total. The van der Waals surface area contributed by atoms with E-state index in [1.165, 1.54) is 6.42 Å². The molecule has 1 fully saturated rings. The van der Waals surface area contributed by atoms with E-state index >= 15 is 0 Å². The van der Waals surface area contributed by atoms with E-state index in [4.69, 9.17) is 0 Å². The molecule has 102 valence electrons. The van der Waals surface area contributed by atoms with Gasteiger partial charge in [0.05, 0.1) is 0 Å². The molecular formula is C12H23F3N2. The summed E-state index contributed by atoms with van der Waals surface area (Å²) in [5, 5.41) is 3.41. The Morgan fingerprint density at radius 2 is 2.06 bits per heavy atom. The number of rotatable bonds is 6. The summed E-state index contributed by atoms with van der Waals surface area (Å²) in [4.78, 5) is 2.28. The first-order valence-corrected chi connectivity index (χ1v) is 6.54. The van der Waals surface area contributed by atoms with Crippen molar-refractivity contribution in [1.29, 1.82) is 0 Å². The zero-order valence-corrected chi connectivity index (χ0v) is 10.5. The van der Waals surface area contributed by atoms with Gasteiger partial charge in [-0.15, -0.1) is 0 Å². The van der Waals surface area contributed by atoms with E-state index in [-0.39, 0.29) is 6.42 Å². The number of hydrogen-bond acceptors (Lipinski definition) is 2. The van der Waals surface area contributed by atoms with Gasteiger partial charge in [0.2, 0.25) is 0 Å². The molecule has 17 heavy (non-hydrogen) atoms. The fourth-order valence-corrected chi connectivity index (χ4v) is 2.37. The maximum Gasteiger partial charge on any atom is 0.389 e. The van der Waals surface area contributed by atoms with Crippen LogP contribution in [0.5, 0.6) is 0 Å². The van der Waals surface area contributed by atoms with Crippen LogP contribution in [0.3, 0.4) is 0 Å². The predicted molar refractivity (Wildman–Crippen MR) is 63.0 cm³/mol. The molecule has 0 aromatic carbocycles. The van der Waals surface area contributed by atoms with Crippen LogP contribution in [0.4, 0.5) is 13.2 Å². The van der Waals surface area contributed by atoms with Crippen molar-refractivity contribution in [2.75, 3.05) is 26.2 Å². The van der Waals surface area contributed by atoms with Crippen molar-refractivity contribution >= 4 is 0 Å². The summed E-state index contributed by atoms with van der Waals surface area (Å²) in [5.74, 6) is 0. The molecule has 1 aliphatic rings. The average molecular weight is 252 g/mol. The van der Waals surface area contributed by atoms with Crippen molar-refractivity contribution in [3.05, 3.63) is 0 Å². The number of halogens is 3. The van der Waals surface area contributed by atoms with E-state index in [9.17, 15) is 13.2 Å². The molecule has 0 aliphatic carbocycles. The third-order valence-electron chi connectivity index (χ3n) is 3.18. The topological polar surface area (TPSA) is 15.3 Å². The number of piperidine rings is 1. The molecule has 1 rings (SSSR count). The van der Waals surface area contributed by atoms with E-state index in [2.05, 4.69) is 17.1 Å². The van der Waals surface area contributed by atoms with Gasteiger partial charge in [-0.1, -0.05) is 6.92 Å². The van der Waals surface area contributed by atoms with Crippen LogP contribution in [-0.2, 0) is 0 Å². The van der Waals surface area contributed by atoms with Gasteiger partial charge < -0.3 is 10.2 Å². The second kappa shape index (κ2) is 7.21. The smallest absolute Gasteiger partial charge is 0.313 e. The van der Waals surface area contributed by atoms with Crippen LogP contribution in [0.1, 0.15) is 39.0 Å². The van der Waals surface area contributed by atoms with Crippen LogP contribution in [0.25, 0.3) is 0 Å². The second-order valence-corrected chi connectivity index (χ2v) is 4.77. The Morgan fingerprint density at radius 3 is 2.71 bits per heavy atom. The van der Waals surface area contributed by atoms with Gasteiger partial charge in [0.15, 0.2) is 0 Å². The summed E-state index contributed by atoms with van der Waals surface area (Å²) < 4.78 is 35.9. The van der Waals surface area contributed by atoms with Gasteiger partial charge in [0, 0.05) is 19.0 Å². The molecule has 0 aromatic heterocycles. The molecule has 1 heterocycles. The van der Waals surface area contributed by atoms with E-state index in [0.717, 1.165) is 32.6 Å². The quantitative estimate of drug-likeness (QED) is 0.731. The highest BCUT2D eigenvalue weighted by Gasteiger charge is 2.26. The zero-order chi connectivity index (χ0) is 12.7. The van der Waals surface area contributed by atoms with Crippen LogP contribution in [0, 0.1) is 0 Å². The van der Waals surface area contributed by atoms with Gasteiger partial charge >= 0.3 is 6.18 Å². The Morgan fingerprint density at radius 1 is 1.29 bits per heavy atom. The number of alkyl halides is 3. The minimum absolute atomic E-state index is 0.256. The Balaban J connectivity index is 2.10. The summed E-state index contributed by atoms with van der Waals surface area (Å²) >= 11 is 0. The van der Waals surface area contributed by atoms with Gasteiger partial charge in [-0.3, -0.25) is 0 Å². The average Bonchev–Trinajstić information content (AvgIpc) is 2.24. The Kier molecular flexibility index (Phi) is 6.27. The third-order valence-corrected chi connectivity index (χ3v) is 3.18. The summed E-state index contributed by atoms with van der Waals surface area (Å²) in [6.45, 7) is 5.88. The van der Waals surface area contributed by atoms with Crippen LogP contribution < -0.4 is 5.32 Å². The minimum Gasteiger partial charge on any atom is -0.313 e. The van der Waals surface area contributed by atoms with Crippen molar-refractivity contribution in [2.45, 2.75) is 51.2 Å². The Bertz CT molecular complexity index is 204. The molecule has 1 saturated heterocycles. The third kappa shape index (κ3) is 6.88. The molecule has 5 heteroatoms. The summed E-state index contributed by atoms with van der Waals surface area (Å²) in [7, 11) is 0. The maximum atomic E-state index is 12.0. The van der Waals surface area contributed by atoms with Crippen LogP contribution in [-0.4, -0.2) is 43.3 Å². The molecule has 0 amide bonds. The maximum absolute atomic E-state index is 12.0. The van der Waals surface area contributed by atoms with E-state index in [1.807, 2.05) is 0 Å². The van der Waals surface area contributed by atoms with Gasteiger partial charge in [-0.25, -0.2) is 0 Å². The van der Waals surface area contributed by atoms with E-state index in [1.54, 1.807) is 0 Å². The summed E-state index contributed by atoms with van der Waals surface area (Å²) in [6.07, 6.45) is -1.39. The lowest BCUT2D eigenvalue weighted by atomic mass is 10.1. The Hall–Kier alpha value is -0.290. The first-order valence-electron chi connectivity index (χ1n) is 6.54. The molecule has 0 bridgehead atoms. The molecule has 1 unspecified atom stereocenters. The normalized spacial score (nSPS) is 22.9. The highest BCUT2D eigenvalue weighted by molar-refractivity contribution is 4.77. The van der Waals surface area contributed by atoms with Gasteiger partial charge in [-0.2, -0.15) is 13.2 Å². The molecule has 1 atom stereocenters. The lowest BCUT2D eigenvalue weighted by Gasteiger charge is -2.33. The van der Waals surface area contributed by atoms with Crippen molar-refractivity contribution in [3.8, 4) is 0 Å². The minimum atomic E-state index is -3.99. The fraction of sp³-hybridized carbons (Fsp3) is 1.00. The van der Waals surface area contributed by atoms with Crippen LogP contribution >= 0.6 is 0 Å². The summed E-state index contributed by atoms with van der Waals surface area (Å²) in [6, 6.07) is 0.524.